The Morgan fingerprint density at radius 3 is 1.68 bits per heavy atom. The maximum atomic E-state index is 12.4. The number of phenolic OH excluding ortho intramolecular Hbond substituents is 1. The van der Waals surface area contributed by atoms with Gasteiger partial charge in [-0.15, -0.1) is 0 Å². The Hall–Kier alpha value is -4.60. The molecule has 2 amide bonds. The van der Waals surface area contributed by atoms with Gasteiger partial charge >= 0.3 is 11.9 Å². The molecule has 1 N–H and O–H groups in total. The van der Waals surface area contributed by atoms with Gasteiger partial charge in [0.05, 0.1) is 32.5 Å². The summed E-state index contributed by atoms with van der Waals surface area (Å²) in [5, 5.41) is 9.64. The van der Waals surface area contributed by atoms with Crippen molar-refractivity contribution in [3.63, 3.8) is 0 Å². The zero-order valence-electron chi connectivity index (χ0n) is 20.7. The molecule has 2 aliphatic rings. The van der Waals surface area contributed by atoms with E-state index < -0.39 is 29.9 Å². The normalized spacial score (nSPS) is 17.6. The van der Waals surface area contributed by atoms with Crippen molar-refractivity contribution in [1.82, 2.24) is 9.80 Å². The number of phenols is 1. The third-order valence-electron chi connectivity index (χ3n) is 5.81. The molecule has 0 saturated heterocycles. The highest BCUT2D eigenvalue weighted by atomic mass is 16.5. The maximum Gasteiger partial charge on any atom is 0.329 e. The lowest BCUT2D eigenvalue weighted by molar-refractivity contribution is -0.145. The van der Waals surface area contributed by atoms with Crippen LogP contribution in [-0.2, 0) is 19.1 Å². The topological polar surface area (TPSA) is 123 Å². The van der Waals surface area contributed by atoms with Crippen LogP contribution in [0.25, 0.3) is 0 Å². The van der Waals surface area contributed by atoms with Crippen LogP contribution in [0.15, 0.2) is 73.1 Å². The van der Waals surface area contributed by atoms with E-state index in [0.29, 0.717) is 24.2 Å². The van der Waals surface area contributed by atoms with Crippen molar-refractivity contribution in [2.24, 2.45) is 0 Å². The van der Waals surface area contributed by atoms with Gasteiger partial charge in [-0.1, -0.05) is 36.4 Å². The van der Waals surface area contributed by atoms with Gasteiger partial charge in [-0.2, -0.15) is 0 Å². The van der Waals surface area contributed by atoms with Crippen molar-refractivity contribution in [3.05, 3.63) is 84.2 Å². The predicted molar refractivity (Wildman–Crippen MR) is 133 cm³/mol. The van der Waals surface area contributed by atoms with Crippen molar-refractivity contribution >= 4 is 23.8 Å². The Kier molecular flexibility index (Phi) is 9.04. The maximum absolute atomic E-state index is 12.4. The average molecular weight is 509 g/mol. The summed E-state index contributed by atoms with van der Waals surface area (Å²) in [4.78, 5) is 50.5. The van der Waals surface area contributed by atoms with Crippen molar-refractivity contribution in [2.45, 2.75) is 24.9 Å². The molecule has 2 aromatic carbocycles. The Morgan fingerprint density at radius 1 is 0.730 bits per heavy atom. The smallest absolute Gasteiger partial charge is 0.329 e. The lowest BCUT2D eigenvalue weighted by Crippen LogP contribution is -2.39. The highest BCUT2D eigenvalue weighted by Gasteiger charge is 2.34. The number of rotatable bonds is 5. The molecule has 10 heteroatoms. The molecule has 0 radical (unpaired) electrons. The molecule has 0 bridgehead atoms. The Morgan fingerprint density at radius 2 is 1.19 bits per heavy atom. The summed E-state index contributed by atoms with van der Waals surface area (Å²) in [6, 6.07) is 11.9. The van der Waals surface area contributed by atoms with Crippen LogP contribution >= 0.6 is 0 Å². The third kappa shape index (κ3) is 5.97. The van der Waals surface area contributed by atoms with Gasteiger partial charge in [0.2, 0.25) is 0 Å². The van der Waals surface area contributed by atoms with Gasteiger partial charge in [-0.25, -0.2) is 9.59 Å². The minimum Gasteiger partial charge on any atom is -0.507 e. The van der Waals surface area contributed by atoms with Gasteiger partial charge in [0.1, 0.15) is 23.6 Å². The number of carbonyl (C=O) groups excluding carboxylic acids is 4. The van der Waals surface area contributed by atoms with E-state index >= 15 is 0 Å². The molecule has 0 aliphatic carbocycles. The van der Waals surface area contributed by atoms with Crippen molar-refractivity contribution < 1.29 is 38.5 Å². The fourth-order valence-corrected chi connectivity index (χ4v) is 3.91. The minimum atomic E-state index is -0.651. The van der Waals surface area contributed by atoms with Crippen LogP contribution < -0.4 is 4.74 Å². The fourth-order valence-electron chi connectivity index (χ4n) is 3.91. The van der Waals surface area contributed by atoms with Crippen LogP contribution in [-0.4, -0.2) is 72.1 Å². The molecule has 0 spiro atoms. The Balaban J connectivity index is 0.000000206. The number of hydrogen-bond donors (Lipinski definition) is 1. The Bertz CT molecular complexity index is 1220. The molecule has 0 saturated carbocycles. The largest absolute Gasteiger partial charge is 0.507 e. The van der Waals surface area contributed by atoms with Crippen LogP contribution in [0.5, 0.6) is 11.5 Å². The first kappa shape index (κ1) is 27.0. The molecular formula is C27H28N2O8. The molecule has 0 unspecified atom stereocenters. The van der Waals surface area contributed by atoms with Crippen LogP contribution in [0.1, 0.15) is 33.6 Å². The molecule has 0 aromatic heterocycles. The average Bonchev–Trinajstić information content (AvgIpc) is 3.62. The molecule has 2 aromatic rings. The van der Waals surface area contributed by atoms with Gasteiger partial charge in [0.25, 0.3) is 11.8 Å². The van der Waals surface area contributed by atoms with Crippen molar-refractivity contribution in [2.75, 3.05) is 21.3 Å². The fraction of sp³-hybridized carbons (Fsp3) is 0.259. The number of ether oxygens (including phenoxy) is 3. The summed E-state index contributed by atoms with van der Waals surface area (Å²) in [7, 11) is 4.10. The number of para-hydroxylation sites is 2. The molecule has 4 rings (SSSR count). The van der Waals surface area contributed by atoms with Crippen LogP contribution in [0.4, 0.5) is 0 Å². The molecule has 194 valence electrons. The van der Waals surface area contributed by atoms with Crippen molar-refractivity contribution in [1.29, 1.82) is 0 Å². The summed E-state index contributed by atoms with van der Waals surface area (Å²) in [6.07, 6.45) is 7.53. The number of benzene rings is 2. The van der Waals surface area contributed by atoms with Crippen LogP contribution in [0, 0.1) is 0 Å². The summed E-state index contributed by atoms with van der Waals surface area (Å²) in [6.45, 7) is 0. The number of carbonyl (C=O) groups is 4. The minimum absolute atomic E-state index is 0.105. The number of amides is 2. The molecule has 0 fully saturated rings. The number of esters is 2. The second-order valence-electron chi connectivity index (χ2n) is 7.96. The monoisotopic (exact) mass is 508 g/mol. The molecule has 37 heavy (non-hydrogen) atoms. The summed E-state index contributed by atoms with van der Waals surface area (Å²) in [5.41, 5.74) is 0.586. The van der Waals surface area contributed by atoms with E-state index in [1.54, 1.807) is 54.8 Å². The highest BCUT2D eigenvalue weighted by Crippen LogP contribution is 2.25. The third-order valence-corrected chi connectivity index (χ3v) is 5.81. The number of methoxy groups -OCH3 is 3. The molecular weight excluding hydrogens is 480 g/mol. The van der Waals surface area contributed by atoms with Gasteiger partial charge in [0.15, 0.2) is 0 Å². The van der Waals surface area contributed by atoms with E-state index in [4.69, 9.17) is 9.47 Å². The van der Waals surface area contributed by atoms with E-state index in [2.05, 4.69) is 4.74 Å². The second kappa shape index (κ2) is 12.4. The first-order chi connectivity index (χ1) is 17.8. The predicted octanol–water partition coefficient (Wildman–Crippen LogP) is 2.89. The highest BCUT2D eigenvalue weighted by molar-refractivity contribution is 6.00. The van der Waals surface area contributed by atoms with Gasteiger partial charge in [-0.3, -0.25) is 9.59 Å². The summed E-state index contributed by atoms with van der Waals surface area (Å²) < 4.78 is 14.5. The van der Waals surface area contributed by atoms with Crippen LogP contribution in [0.2, 0.25) is 0 Å². The number of hydrogen-bond acceptors (Lipinski definition) is 8. The molecule has 2 atom stereocenters. The first-order valence-corrected chi connectivity index (χ1v) is 11.4. The summed E-state index contributed by atoms with van der Waals surface area (Å²) in [5.74, 6) is -1.21. The zero-order chi connectivity index (χ0) is 26.9. The van der Waals surface area contributed by atoms with Gasteiger partial charge < -0.3 is 29.1 Å². The number of aromatic hydroxyl groups is 1. The second-order valence-corrected chi connectivity index (χ2v) is 7.96. The van der Waals surface area contributed by atoms with E-state index in [1.807, 2.05) is 0 Å². The molecule has 2 aliphatic heterocycles. The molecule has 2 heterocycles. The van der Waals surface area contributed by atoms with E-state index in [1.165, 1.54) is 49.5 Å². The van der Waals surface area contributed by atoms with Crippen molar-refractivity contribution in [3.8, 4) is 11.5 Å². The zero-order valence-corrected chi connectivity index (χ0v) is 20.7. The van der Waals surface area contributed by atoms with Gasteiger partial charge in [-0.05, 0) is 37.1 Å². The Labute approximate surface area is 214 Å². The summed E-state index contributed by atoms with van der Waals surface area (Å²) >= 11 is 0. The lowest BCUT2D eigenvalue weighted by atomic mass is 10.1. The quantitative estimate of drug-likeness (QED) is 0.612. The SMILES string of the molecule is COC(=O)[C@@H]1CC=CN1C(=O)c1ccccc1O.COC(=O)[C@@H]1CC=CN1C(=O)c1ccccc1OC. The van der Waals surface area contributed by atoms with E-state index in [-0.39, 0.29) is 17.2 Å². The van der Waals surface area contributed by atoms with Crippen LogP contribution in [0.3, 0.4) is 0 Å². The first-order valence-electron chi connectivity index (χ1n) is 11.4. The van der Waals surface area contributed by atoms with E-state index in [9.17, 15) is 24.3 Å². The van der Waals surface area contributed by atoms with E-state index in [0.717, 1.165) is 0 Å². The van der Waals surface area contributed by atoms with Gasteiger partial charge in [0, 0.05) is 12.4 Å². The lowest BCUT2D eigenvalue weighted by Gasteiger charge is -2.22. The standard InChI is InChI=1S/C14H15NO4.C13H13NO4/c1-18-12-8-4-3-6-10(12)13(16)15-9-5-7-11(15)14(17)19-2;1-18-13(17)10-6-4-8-14(10)12(16)9-5-2-3-7-11(9)15/h3-6,8-9,11H,7H2,1-2H3;2-5,7-8,10,15H,6H2,1H3/t11-;10-/m00/s1. The molecule has 10 nitrogen and oxygen atoms in total. The number of nitrogens with zero attached hydrogens (tertiary/aromatic N) is 2.